The van der Waals surface area contributed by atoms with E-state index in [2.05, 4.69) is 26.9 Å². The van der Waals surface area contributed by atoms with Crippen molar-refractivity contribution >= 4 is 50.7 Å². The molecule has 6 rings (SSSR count). The number of cyclic esters (lactones) is 1. The number of hydrogen-bond donors (Lipinski definition) is 3. The standard InChI is InChI=1S/C35H43N5O8S/c1-5-23-19-35(23,32(43)39-49(45,46)25-12-13-25)38-29(41)27-18-24-20-40(27)31(42)28(34(2,3)4)37-33(44)47-16-8-6-7-9-21-10-11-22-14-15-36-30(48-24)26(22)17-21/h5,7,9-11,14-15,17,23-25,27-28H,1,6,8,12-13,16,18-20H2,2-4H3,(H,37,44)(H,38,41)(H,39,43)/b9-7+/t23-,24-,27?,28-,35-/m1/s1. The molecule has 4 aliphatic rings. The van der Waals surface area contributed by atoms with Crippen LogP contribution in [0, 0.1) is 11.3 Å². The Balaban J connectivity index is 1.33. The first-order chi connectivity index (χ1) is 23.2. The van der Waals surface area contributed by atoms with E-state index >= 15 is 0 Å². The number of benzene rings is 1. The average molecular weight is 694 g/mol. The lowest BCUT2D eigenvalue weighted by Crippen LogP contribution is -2.60. The highest BCUT2D eigenvalue weighted by Crippen LogP contribution is 2.45. The Morgan fingerprint density at radius 3 is 2.65 bits per heavy atom. The van der Waals surface area contributed by atoms with Crippen LogP contribution < -0.4 is 20.1 Å². The SMILES string of the molecule is C=C[C@@H]1C[C@]1(NC(=O)C1C[C@@H]2CN1C(=O)[C@H](C(C)(C)C)NC(=O)OCCC/C=C/c1ccc3ccnc(c3c1)O2)C(=O)NS(=O)(=O)C1CC1. The maximum Gasteiger partial charge on any atom is 0.407 e. The topological polar surface area (TPSA) is 173 Å². The van der Waals surface area contributed by atoms with Gasteiger partial charge in [-0.2, -0.15) is 0 Å². The molecular weight excluding hydrogens is 650 g/mol. The molecular formula is C35H43N5O8S. The van der Waals surface area contributed by atoms with Crippen LogP contribution in [0.2, 0.25) is 0 Å². The highest BCUT2D eigenvalue weighted by atomic mass is 32.2. The summed E-state index contributed by atoms with van der Waals surface area (Å²) >= 11 is 0. The van der Waals surface area contributed by atoms with E-state index in [1.807, 2.05) is 36.4 Å². The number of nitrogens with one attached hydrogen (secondary N) is 3. The molecule has 1 aromatic heterocycles. The van der Waals surface area contributed by atoms with E-state index < -0.39 is 74.1 Å². The third kappa shape index (κ3) is 7.29. The van der Waals surface area contributed by atoms with Gasteiger partial charge in [-0.25, -0.2) is 18.2 Å². The van der Waals surface area contributed by atoms with Crippen molar-refractivity contribution in [3.63, 3.8) is 0 Å². The molecule has 0 radical (unpaired) electrons. The van der Waals surface area contributed by atoms with E-state index in [-0.39, 0.29) is 26.0 Å². The lowest BCUT2D eigenvalue weighted by molar-refractivity contribution is -0.142. The molecule has 3 fully saturated rings. The molecule has 5 atom stereocenters. The second-order valence-electron chi connectivity index (χ2n) is 14.4. The van der Waals surface area contributed by atoms with Gasteiger partial charge in [-0.3, -0.25) is 19.1 Å². The predicted molar refractivity (Wildman–Crippen MR) is 182 cm³/mol. The number of carbonyl (C=O) groups excluding carboxylic acids is 4. The van der Waals surface area contributed by atoms with Gasteiger partial charge < -0.3 is 25.0 Å². The molecule has 1 saturated heterocycles. The molecule has 13 nitrogen and oxygen atoms in total. The van der Waals surface area contributed by atoms with Gasteiger partial charge in [-0.1, -0.05) is 51.1 Å². The number of carbonyl (C=O) groups is 4. The highest BCUT2D eigenvalue weighted by Gasteiger charge is 2.62. The van der Waals surface area contributed by atoms with E-state index in [1.165, 1.54) is 11.0 Å². The van der Waals surface area contributed by atoms with Crippen LogP contribution in [-0.4, -0.2) is 84.2 Å². The Morgan fingerprint density at radius 2 is 1.96 bits per heavy atom. The highest BCUT2D eigenvalue weighted by molar-refractivity contribution is 7.91. The first-order valence-electron chi connectivity index (χ1n) is 16.7. The zero-order chi connectivity index (χ0) is 35.1. The Hall–Kier alpha value is -4.46. The van der Waals surface area contributed by atoms with Gasteiger partial charge in [-0.15, -0.1) is 6.58 Å². The number of pyridine rings is 1. The van der Waals surface area contributed by atoms with Crippen molar-refractivity contribution in [3.8, 4) is 5.88 Å². The lowest BCUT2D eigenvalue weighted by Gasteiger charge is -2.35. The number of alkyl carbamates (subject to hydrolysis) is 1. The van der Waals surface area contributed by atoms with Crippen LogP contribution in [0.5, 0.6) is 5.88 Å². The van der Waals surface area contributed by atoms with Crippen LogP contribution in [0.4, 0.5) is 4.79 Å². The van der Waals surface area contributed by atoms with E-state index in [1.54, 1.807) is 27.0 Å². The van der Waals surface area contributed by atoms with Gasteiger partial charge in [0.2, 0.25) is 27.7 Å². The molecule has 2 aliphatic heterocycles. The van der Waals surface area contributed by atoms with Crippen molar-refractivity contribution in [3.05, 3.63) is 54.8 Å². The molecule has 1 aromatic carbocycles. The molecule has 14 heteroatoms. The van der Waals surface area contributed by atoms with Crippen LogP contribution >= 0.6 is 0 Å². The minimum atomic E-state index is -3.88. The maximum atomic E-state index is 14.4. The number of nitrogens with zero attached hydrogens (tertiary/aromatic N) is 2. The molecule has 262 valence electrons. The summed E-state index contributed by atoms with van der Waals surface area (Å²) in [6.07, 6.45) is 8.03. The van der Waals surface area contributed by atoms with Gasteiger partial charge in [0.05, 0.1) is 18.4 Å². The van der Waals surface area contributed by atoms with E-state index in [0.717, 1.165) is 16.3 Å². The van der Waals surface area contributed by atoms with Crippen LogP contribution in [0.3, 0.4) is 0 Å². The summed E-state index contributed by atoms with van der Waals surface area (Å²) in [6, 6.07) is 5.57. The van der Waals surface area contributed by atoms with E-state index in [4.69, 9.17) is 9.47 Å². The number of ether oxygens (including phenoxy) is 2. The molecule has 3 N–H and O–H groups in total. The van der Waals surface area contributed by atoms with E-state index in [9.17, 15) is 27.6 Å². The fraction of sp³-hybridized carbons (Fsp3) is 0.514. The van der Waals surface area contributed by atoms with Crippen molar-refractivity contribution in [1.29, 1.82) is 0 Å². The molecule has 49 heavy (non-hydrogen) atoms. The number of fused-ring (bicyclic) bond motifs is 3. The minimum Gasteiger partial charge on any atom is -0.472 e. The maximum absolute atomic E-state index is 14.4. The second kappa shape index (κ2) is 13.1. The van der Waals surface area contributed by atoms with Crippen molar-refractivity contribution in [1.82, 2.24) is 25.2 Å². The Labute approximate surface area is 285 Å². The molecule has 2 aliphatic carbocycles. The van der Waals surface area contributed by atoms with Gasteiger partial charge in [0.1, 0.15) is 23.7 Å². The smallest absolute Gasteiger partial charge is 0.407 e. The minimum absolute atomic E-state index is 0.0158. The first kappa shape index (κ1) is 34.4. The quantitative estimate of drug-likeness (QED) is 0.384. The predicted octanol–water partition coefficient (Wildman–Crippen LogP) is 3.20. The third-order valence-electron chi connectivity index (χ3n) is 9.56. The molecule has 3 heterocycles. The van der Waals surface area contributed by atoms with Gasteiger partial charge in [0, 0.05) is 23.9 Å². The second-order valence-corrected chi connectivity index (χ2v) is 16.3. The number of allylic oxidation sites excluding steroid dienone is 1. The van der Waals surface area contributed by atoms with Crippen molar-refractivity contribution in [2.45, 2.75) is 88.3 Å². The molecule has 0 spiro atoms. The zero-order valence-electron chi connectivity index (χ0n) is 27.9. The summed E-state index contributed by atoms with van der Waals surface area (Å²) in [4.78, 5) is 60.7. The van der Waals surface area contributed by atoms with Gasteiger partial charge >= 0.3 is 6.09 Å². The Bertz CT molecular complexity index is 1820. The van der Waals surface area contributed by atoms with Gasteiger partial charge in [-0.05, 0) is 60.6 Å². The summed E-state index contributed by atoms with van der Waals surface area (Å²) in [7, 11) is -3.88. The fourth-order valence-electron chi connectivity index (χ4n) is 6.47. The number of aromatic nitrogens is 1. The monoisotopic (exact) mass is 693 g/mol. The van der Waals surface area contributed by atoms with Crippen LogP contribution in [0.15, 0.2) is 49.2 Å². The summed E-state index contributed by atoms with van der Waals surface area (Å²) in [5.74, 6) is -2.18. The van der Waals surface area contributed by atoms with E-state index in [0.29, 0.717) is 31.6 Å². The zero-order valence-corrected chi connectivity index (χ0v) is 28.8. The van der Waals surface area contributed by atoms with Crippen molar-refractivity contribution in [2.75, 3.05) is 13.2 Å². The number of hydrogen-bond acceptors (Lipinski definition) is 9. The van der Waals surface area contributed by atoms with Gasteiger partial charge in [0.25, 0.3) is 5.91 Å². The normalized spacial score (nSPS) is 28.3. The van der Waals surface area contributed by atoms with Crippen LogP contribution in [0.1, 0.15) is 64.9 Å². The largest absolute Gasteiger partial charge is 0.472 e. The summed E-state index contributed by atoms with van der Waals surface area (Å²) in [6.45, 7) is 9.27. The fourth-order valence-corrected chi connectivity index (χ4v) is 7.83. The van der Waals surface area contributed by atoms with Crippen LogP contribution in [-0.2, 0) is 29.1 Å². The molecule has 2 aromatic rings. The molecule has 4 amide bonds. The Morgan fingerprint density at radius 1 is 1.18 bits per heavy atom. The summed E-state index contributed by atoms with van der Waals surface area (Å²) in [5, 5.41) is 6.53. The van der Waals surface area contributed by atoms with Crippen molar-refractivity contribution < 1.29 is 37.1 Å². The molecule has 2 saturated carbocycles. The van der Waals surface area contributed by atoms with Crippen LogP contribution in [0.25, 0.3) is 16.8 Å². The van der Waals surface area contributed by atoms with Crippen molar-refractivity contribution in [2.24, 2.45) is 11.3 Å². The third-order valence-corrected chi connectivity index (χ3v) is 11.4. The number of rotatable bonds is 6. The van der Waals surface area contributed by atoms with Gasteiger partial charge in [0.15, 0.2) is 0 Å². The molecule has 1 unspecified atom stereocenters. The first-order valence-corrected chi connectivity index (χ1v) is 18.2. The Kier molecular flexibility index (Phi) is 9.20. The summed E-state index contributed by atoms with van der Waals surface area (Å²) < 4.78 is 39.3. The number of amides is 4. The molecule has 4 bridgehead atoms. The number of sulfonamides is 1. The average Bonchev–Trinajstić information content (AvgIpc) is 3.97. The lowest BCUT2D eigenvalue weighted by atomic mass is 9.85. The summed E-state index contributed by atoms with van der Waals surface area (Å²) in [5.41, 5.74) is -1.39.